The van der Waals surface area contributed by atoms with Crippen LogP contribution in [0.25, 0.3) is 0 Å². The lowest BCUT2D eigenvalue weighted by atomic mass is 9.84. The SMILES string of the molecule is CC(=O)Nc1ccc(NC(=O)C2C3CCC(C3)C2N)cc1Cl.Cl. The van der Waals surface area contributed by atoms with E-state index in [1.807, 2.05) is 0 Å². The van der Waals surface area contributed by atoms with Crippen molar-refractivity contribution in [1.82, 2.24) is 0 Å². The Balaban J connectivity index is 0.00000192. The van der Waals surface area contributed by atoms with Gasteiger partial charge in [-0.15, -0.1) is 12.4 Å². The lowest BCUT2D eigenvalue weighted by molar-refractivity contribution is -0.121. The van der Waals surface area contributed by atoms with Gasteiger partial charge in [0.05, 0.1) is 16.6 Å². The molecule has 1 aromatic carbocycles. The van der Waals surface area contributed by atoms with Crippen LogP contribution >= 0.6 is 24.0 Å². The smallest absolute Gasteiger partial charge is 0.229 e. The number of carbonyl (C=O) groups is 2. The number of anilines is 2. The normalized spacial score (nSPS) is 28.1. The molecule has 0 aromatic heterocycles. The molecular formula is C16H21Cl2N3O2. The zero-order valence-electron chi connectivity index (χ0n) is 12.8. The fourth-order valence-corrected chi connectivity index (χ4v) is 4.06. The minimum atomic E-state index is -0.188. The summed E-state index contributed by atoms with van der Waals surface area (Å²) in [6.07, 6.45) is 3.31. The highest BCUT2D eigenvalue weighted by molar-refractivity contribution is 6.34. The number of carbonyl (C=O) groups excluding carboxylic acids is 2. The maximum absolute atomic E-state index is 12.5. The first-order chi connectivity index (χ1) is 10.5. The predicted octanol–water partition coefficient (Wildman–Crippen LogP) is 3.03. The van der Waals surface area contributed by atoms with Crippen molar-refractivity contribution in [2.24, 2.45) is 23.5 Å². The van der Waals surface area contributed by atoms with Gasteiger partial charge in [0.1, 0.15) is 0 Å². The van der Waals surface area contributed by atoms with E-state index >= 15 is 0 Å². The Hall–Kier alpha value is -1.30. The summed E-state index contributed by atoms with van der Waals surface area (Å²) in [7, 11) is 0. The van der Waals surface area contributed by atoms with E-state index in [-0.39, 0.29) is 36.2 Å². The van der Waals surface area contributed by atoms with E-state index < -0.39 is 0 Å². The molecule has 2 bridgehead atoms. The number of fused-ring (bicyclic) bond motifs is 2. The summed E-state index contributed by atoms with van der Waals surface area (Å²) in [5.41, 5.74) is 7.35. The van der Waals surface area contributed by atoms with Crippen molar-refractivity contribution in [3.05, 3.63) is 23.2 Å². The molecule has 2 fully saturated rings. The molecule has 7 heteroatoms. The van der Waals surface area contributed by atoms with Crippen LogP contribution in [0.5, 0.6) is 0 Å². The van der Waals surface area contributed by atoms with Crippen molar-refractivity contribution >= 4 is 47.2 Å². The Kier molecular flexibility index (Phi) is 5.55. The number of amides is 2. The average molecular weight is 358 g/mol. The highest BCUT2D eigenvalue weighted by Gasteiger charge is 2.49. The molecule has 0 aliphatic heterocycles. The van der Waals surface area contributed by atoms with Gasteiger partial charge in [-0.25, -0.2) is 0 Å². The Morgan fingerprint density at radius 2 is 1.91 bits per heavy atom. The van der Waals surface area contributed by atoms with E-state index in [1.54, 1.807) is 18.2 Å². The van der Waals surface area contributed by atoms with Crippen molar-refractivity contribution in [1.29, 1.82) is 0 Å². The molecule has 4 N–H and O–H groups in total. The third kappa shape index (κ3) is 3.62. The van der Waals surface area contributed by atoms with Gasteiger partial charge in [-0.1, -0.05) is 11.6 Å². The van der Waals surface area contributed by atoms with Crippen LogP contribution in [0.1, 0.15) is 26.2 Å². The molecule has 0 saturated heterocycles. The van der Waals surface area contributed by atoms with Crippen molar-refractivity contribution in [3.8, 4) is 0 Å². The first-order valence-electron chi connectivity index (χ1n) is 7.59. The summed E-state index contributed by atoms with van der Waals surface area (Å²) < 4.78 is 0. The summed E-state index contributed by atoms with van der Waals surface area (Å²) in [5, 5.41) is 5.93. The zero-order valence-corrected chi connectivity index (χ0v) is 14.4. The van der Waals surface area contributed by atoms with Gasteiger partial charge in [0.15, 0.2) is 0 Å². The molecule has 0 spiro atoms. The number of nitrogens with one attached hydrogen (secondary N) is 2. The maximum Gasteiger partial charge on any atom is 0.229 e. The number of benzene rings is 1. The van der Waals surface area contributed by atoms with E-state index in [9.17, 15) is 9.59 Å². The molecule has 0 radical (unpaired) electrons. The highest BCUT2D eigenvalue weighted by atomic mass is 35.5. The van der Waals surface area contributed by atoms with Gasteiger partial charge in [-0.05, 0) is 49.3 Å². The summed E-state index contributed by atoms with van der Waals surface area (Å²) in [6.45, 7) is 1.42. The van der Waals surface area contributed by atoms with Crippen LogP contribution < -0.4 is 16.4 Å². The zero-order chi connectivity index (χ0) is 15.9. The van der Waals surface area contributed by atoms with Crippen molar-refractivity contribution in [2.75, 3.05) is 10.6 Å². The Bertz CT molecular complexity index is 621. The van der Waals surface area contributed by atoms with Crippen molar-refractivity contribution in [2.45, 2.75) is 32.2 Å². The molecule has 3 rings (SSSR count). The highest BCUT2D eigenvalue weighted by Crippen LogP contribution is 2.48. The van der Waals surface area contributed by atoms with E-state index in [0.29, 0.717) is 28.2 Å². The maximum atomic E-state index is 12.5. The largest absolute Gasteiger partial charge is 0.327 e. The molecule has 2 aliphatic carbocycles. The molecule has 2 saturated carbocycles. The summed E-state index contributed by atoms with van der Waals surface area (Å²) in [6, 6.07) is 5.02. The summed E-state index contributed by atoms with van der Waals surface area (Å²) >= 11 is 6.12. The molecule has 23 heavy (non-hydrogen) atoms. The molecule has 1 aromatic rings. The fourth-order valence-electron chi connectivity index (χ4n) is 3.83. The second-order valence-corrected chi connectivity index (χ2v) is 6.71. The van der Waals surface area contributed by atoms with E-state index in [4.69, 9.17) is 17.3 Å². The molecule has 5 nitrogen and oxygen atoms in total. The number of nitrogens with two attached hydrogens (primary N) is 1. The third-order valence-electron chi connectivity index (χ3n) is 4.83. The van der Waals surface area contributed by atoms with Gasteiger partial charge >= 0.3 is 0 Å². The quantitative estimate of drug-likeness (QED) is 0.777. The molecular weight excluding hydrogens is 337 g/mol. The number of hydrogen-bond acceptors (Lipinski definition) is 3. The molecule has 4 atom stereocenters. The van der Waals surface area contributed by atoms with Crippen LogP contribution in [0, 0.1) is 17.8 Å². The second-order valence-electron chi connectivity index (χ2n) is 6.30. The van der Waals surface area contributed by atoms with Gasteiger partial charge in [0.25, 0.3) is 0 Å². The standard InChI is InChI=1S/C16H20ClN3O2.ClH/c1-8(21)19-13-5-4-11(7-12(13)17)20-16(22)14-9-2-3-10(6-9)15(14)18;/h4-5,7,9-10,14-15H,2-3,6,18H2,1H3,(H,19,21)(H,20,22);1H. The Morgan fingerprint density at radius 3 is 2.48 bits per heavy atom. The van der Waals surface area contributed by atoms with Crippen LogP contribution in [-0.4, -0.2) is 17.9 Å². The summed E-state index contributed by atoms with van der Waals surface area (Å²) in [4.78, 5) is 23.5. The fraction of sp³-hybridized carbons (Fsp3) is 0.500. The van der Waals surface area contributed by atoms with E-state index in [1.165, 1.54) is 6.92 Å². The van der Waals surface area contributed by atoms with Crippen LogP contribution in [0.4, 0.5) is 11.4 Å². The van der Waals surface area contributed by atoms with Gasteiger partial charge in [0, 0.05) is 18.7 Å². The molecule has 126 valence electrons. The molecule has 0 heterocycles. The van der Waals surface area contributed by atoms with E-state index in [2.05, 4.69) is 10.6 Å². The minimum Gasteiger partial charge on any atom is -0.327 e. The number of hydrogen-bond donors (Lipinski definition) is 3. The first-order valence-corrected chi connectivity index (χ1v) is 7.97. The Morgan fingerprint density at radius 1 is 1.22 bits per heavy atom. The van der Waals surface area contributed by atoms with Crippen LogP contribution in [0.15, 0.2) is 18.2 Å². The van der Waals surface area contributed by atoms with Gasteiger partial charge in [-0.3, -0.25) is 9.59 Å². The van der Waals surface area contributed by atoms with Crippen LogP contribution in [0.2, 0.25) is 5.02 Å². The third-order valence-corrected chi connectivity index (χ3v) is 5.14. The second kappa shape index (κ2) is 7.07. The number of halogens is 2. The number of rotatable bonds is 3. The first kappa shape index (κ1) is 18.0. The predicted molar refractivity (Wildman–Crippen MR) is 93.9 cm³/mol. The van der Waals surface area contributed by atoms with Crippen molar-refractivity contribution < 1.29 is 9.59 Å². The summed E-state index contributed by atoms with van der Waals surface area (Å²) in [5.74, 6) is 0.586. The molecule has 2 amide bonds. The topological polar surface area (TPSA) is 84.2 Å². The van der Waals surface area contributed by atoms with Gasteiger partial charge < -0.3 is 16.4 Å². The molecule has 4 unspecified atom stereocenters. The van der Waals surface area contributed by atoms with Crippen LogP contribution in [-0.2, 0) is 9.59 Å². The Labute approximate surface area is 146 Å². The lowest BCUT2D eigenvalue weighted by Gasteiger charge is -2.27. The van der Waals surface area contributed by atoms with Crippen LogP contribution in [0.3, 0.4) is 0 Å². The van der Waals surface area contributed by atoms with Gasteiger partial charge in [0.2, 0.25) is 11.8 Å². The van der Waals surface area contributed by atoms with E-state index in [0.717, 1.165) is 19.3 Å². The molecule has 2 aliphatic rings. The van der Waals surface area contributed by atoms with Crippen molar-refractivity contribution in [3.63, 3.8) is 0 Å². The average Bonchev–Trinajstić information content (AvgIpc) is 3.02. The minimum absolute atomic E-state index is 0. The monoisotopic (exact) mass is 357 g/mol. The lowest BCUT2D eigenvalue weighted by Crippen LogP contribution is -2.42. The van der Waals surface area contributed by atoms with Gasteiger partial charge in [-0.2, -0.15) is 0 Å².